The van der Waals surface area contributed by atoms with Gasteiger partial charge in [0.25, 0.3) is 5.56 Å². The summed E-state index contributed by atoms with van der Waals surface area (Å²) in [6.45, 7) is 2.31. The molecule has 46 heavy (non-hydrogen) atoms. The smallest absolute Gasteiger partial charge is 0.263 e. The second kappa shape index (κ2) is 9.84. The first-order chi connectivity index (χ1) is 22.6. The number of allylic oxidation sites excluding steroid dienone is 4. The Morgan fingerprint density at radius 2 is 1.50 bits per heavy atom. The first kappa shape index (κ1) is 27.0. The van der Waals surface area contributed by atoms with Crippen molar-refractivity contribution in [1.29, 1.82) is 0 Å². The van der Waals surface area contributed by atoms with Crippen LogP contribution in [0.15, 0.2) is 132 Å². The highest BCUT2D eigenvalue weighted by Gasteiger charge is 2.53. The minimum atomic E-state index is -0.425. The van der Waals surface area contributed by atoms with Gasteiger partial charge in [0.15, 0.2) is 0 Å². The monoisotopic (exact) mass is 595 g/mol. The first-order valence-electron chi connectivity index (χ1n) is 16.1. The van der Waals surface area contributed by atoms with E-state index >= 15 is 0 Å². The van der Waals surface area contributed by atoms with Gasteiger partial charge < -0.3 is 5.32 Å². The van der Waals surface area contributed by atoms with Crippen LogP contribution in [0.3, 0.4) is 0 Å². The Hall–Kier alpha value is -5.32. The fraction of sp³-hybridized carbons (Fsp3) is 0.143. The lowest BCUT2D eigenvalue weighted by Gasteiger charge is -2.33. The van der Waals surface area contributed by atoms with Crippen molar-refractivity contribution in [1.82, 2.24) is 14.9 Å². The van der Waals surface area contributed by atoms with Crippen LogP contribution in [-0.4, -0.2) is 23.6 Å². The van der Waals surface area contributed by atoms with Crippen molar-refractivity contribution < 1.29 is 0 Å². The standard InChI is InChI=1S/C40H26N2O.C2H7N/c1-23-16-18-28-26-9-2-4-12-31(26)40(33(28)20-23)32-13-5-3-10-27(32)29-19-17-25(21-34(29)40)42-36-15-6-8-24-22-41-35-14-7-11-30(39(42)43)38(35)37(24)36;1-3-2/h2-15,17-23H,16H2,1H3;3H,1-2H3. The van der Waals surface area contributed by atoms with Crippen molar-refractivity contribution >= 4 is 38.2 Å². The Bertz CT molecular complexity index is 2500. The first-order valence-corrected chi connectivity index (χ1v) is 16.1. The van der Waals surface area contributed by atoms with E-state index in [1.165, 1.54) is 44.5 Å². The van der Waals surface area contributed by atoms with Gasteiger partial charge in [-0.25, -0.2) is 0 Å². The number of hydrogen-bond donors (Lipinski definition) is 1. The highest BCUT2D eigenvalue weighted by Crippen LogP contribution is 2.64. The minimum Gasteiger partial charge on any atom is -0.323 e. The van der Waals surface area contributed by atoms with Crippen LogP contribution in [0.2, 0.25) is 0 Å². The van der Waals surface area contributed by atoms with Crippen LogP contribution in [0.1, 0.15) is 35.6 Å². The van der Waals surface area contributed by atoms with Crippen LogP contribution in [-0.2, 0) is 5.41 Å². The van der Waals surface area contributed by atoms with Crippen molar-refractivity contribution in [2.24, 2.45) is 5.92 Å². The number of nitrogens with one attached hydrogen (secondary N) is 1. The number of pyridine rings is 2. The lowest BCUT2D eigenvalue weighted by atomic mass is 9.69. The summed E-state index contributed by atoms with van der Waals surface area (Å²) in [6, 6.07) is 36.6. The number of hydrogen-bond acceptors (Lipinski definition) is 3. The maximum atomic E-state index is 14.4. The highest BCUT2D eigenvalue weighted by molar-refractivity contribution is 6.20. The van der Waals surface area contributed by atoms with Crippen molar-refractivity contribution in [3.63, 3.8) is 0 Å². The lowest BCUT2D eigenvalue weighted by molar-refractivity contribution is 0.701. The van der Waals surface area contributed by atoms with E-state index in [-0.39, 0.29) is 5.56 Å². The molecule has 2 unspecified atom stereocenters. The predicted molar refractivity (Wildman–Crippen MR) is 190 cm³/mol. The third kappa shape index (κ3) is 3.37. The van der Waals surface area contributed by atoms with E-state index in [0.29, 0.717) is 11.3 Å². The summed E-state index contributed by atoms with van der Waals surface area (Å²) in [6.07, 6.45) is 7.92. The topological polar surface area (TPSA) is 46.9 Å². The third-order valence-electron chi connectivity index (χ3n) is 10.1. The summed E-state index contributed by atoms with van der Waals surface area (Å²) >= 11 is 0. The van der Waals surface area contributed by atoms with Crippen molar-refractivity contribution in [2.75, 3.05) is 14.1 Å². The molecule has 7 aromatic rings. The molecule has 1 spiro atoms. The van der Waals surface area contributed by atoms with Crippen LogP contribution in [0.25, 0.3) is 55.0 Å². The SMILES string of the molecule is CC1C=C2C(=CC1)c1ccccc1C21c2ccccc2-c2ccc(-n3c(=O)c4cccc5ncc6cccc3c6c54)cc21.CNC. The van der Waals surface area contributed by atoms with E-state index in [9.17, 15) is 4.79 Å². The van der Waals surface area contributed by atoms with Gasteiger partial charge in [0.1, 0.15) is 0 Å². The van der Waals surface area contributed by atoms with Gasteiger partial charge in [0.05, 0.1) is 21.8 Å². The molecule has 5 aromatic carbocycles. The quantitative estimate of drug-likeness (QED) is 0.193. The summed E-state index contributed by atoms with van der Waals surface area (Å²) in [5.41, 5.74) is 12.7. The molecule has 4 heteroatoms. The van der Waals surface area contributed by atoms with E-state index in [4.69, 9.17) is 0 Å². The van der Waals surface area contributed by atoms with Gasteiger partial charge in [-0.2, -0.15) is 0 Å². The van der Waals surface area contributed by atoms with Gasteiger partial charge in [-0.05, 0) is 101 Å². The van der Waals surface area contributed by atoms with Crippen LogP contribution in [0.4, 0.5) is 0 Å². The molecule has 0 saturated heterocycles. The molecule has 10 rings (SSSR count). The molecule has 0 saturated carbocycles. The van der Waals surface area contributed by atoms with Crippen molar-refractivity contribution in [2.45, 2.75) is 18.8 Å². The van der Waals surface area contributed by atoms with Gasteiger partial charge in [-0.15, -0.1) is 0 Å². The molecular formula is C42H33N3O. The van der Waals surface area contributed by atoms with E-state index in [1.54, 1.807) is 0 Å². The van der Waals surface area contributed by atoms with Crippen molar-refractivity contribution in [3.05, 3.63) is 160 Å². The molecule has 0 aliphatic heterocycles. The molecule has 2 atom stereocenters. The Labute approximate surface area is 267 Å². The molecule has 3 aliphatic rings. The summed E-state index contributed by atoms with van der Waals surface area (Å²) in [5, 5.41) is 6.53. The van der Waals surface area contributed by atoms with Gasteiger partial charge >= 0.3 is 0 Å². The van der Waals surface area contributed by atoms with Gasteiger partial charge in [-0.1, -0.05) is 91.9 Å². The zero-order valence-electron chi connectivity index (χ0n) is 26.1. The van der Waals surface area contributed by atoms with E-state index in [0.717, 1.165) is 39.3 Å². The molecule has 0 radical (unpaired) electrons. The second-order valence-corrected chi connectivity index (χ2v) is 12.8. The van der Waals surface area contributed by atoms with Gasteiger partial charge in [0.2, 0.25) is 0 Å². The number of nitrogens with zero attached hydrogens (tertiary/aromatic N) is 2. The zero-order chi connectivity index (χ0) is 31.2. The summed E-state index contributed by atoms with van der Waals surface area (Å²) in [5.74, 6) is 0.455. The molecule has 2 heterocycles. The number of fused-ring (bicyclic) bond motifs is 10. The van der Waals surface area contributed by atoms with Crippen molar-refractivity contribution in [3.8, 4) is 16.8 Å². The van der Waals surface area contributed by atoms with Crippen LogP contribution in [0.5, 0.6) is 0 Å². The van der Waals surface area contributed by atoms with E-state index < -0.39 is 5.41 Å². The molecule has 0 amide bonds. The van der Waals surface area contributed by atoms with E-state index in [1.807, 2.05) is 49.1 Å². The van der Waals surface area contributed by atoms with Crippen LogP contribution < -0.4 is 10.9 Å². The van der Waals surface area contributed by atoms with Gasteiger partial charge in [0, 0.05) is 28.0 Å². The van der Waals surface area contributed by atoms with Crippen LogP contribution >= 0.6 is 0 Å². The summed E-state index contributed by atoms with van der Waals surface area (Å²) < 4.78 is 1.93. The maximum Gasteiger partial charge on any atom is 0.263 e. The minimum absolute atomic E-state index is 0.0129. The molecule has 0 fully saturated rings. The highest BCUT2D eigenvalue weighted by atomic mass is 16.1. The maximum absolute atomic E-state index is 14.4. The summed E-state index contributed by atoms with van der Waals surface area (Å²) in [7, 11) is 3.75. The average Bonchev–Trinajstić information content (AvgIpc) is 3.54. The molecular weight excluding hydrogens is 562 g/mol. The number of rotatable bonds is 1. The third-order valence-corrected chi connectivity index (χ3v) is 10.1. The lowest BCUT2D eigenvalue weighted by Crippen LogP contribution is -2.27. The average molecular weight is 596 g/mol. The largest absolute Gasteiger partial charge is 0.323 e. The van der Waals surface area contributed by atoms with E-state index in [2.05, 4.69) is 108 Å². The molecule has 3 aliphatic carbocycles. The Morgan fingerprint density at radius 3 is 2.33 bits per heavy atom. The fourth-order valence-corrected chi connectivity index (χ4v) is 8.45. The normalized spacial score (nSPS) is 19.0. The molecule has 4 nitrogen and oxygen atoms in total. The molecule has 2 aromatic heterocycles. The fourth-order valence-electron chi connectivity index (χ4n) is 8.45. The van der Waals surface area contributed by atoms with Gasteiger partial charge in [-0.3, -0.25) is 14.3 Å². The predicted octanol–water partition coefficient (Wildman–Crippen LogP) is 8.64. The second-order valence-electron chi connectivity index (χ2n) is 12.8. The molecule has 0 bridgehead atoms. The Balaban J connectivity index is 0.000000939. The Kier molecular flexibility index (Phi) is 5.78. The zero-order valence-corrected chi connectivity index (χ0v) is 26.1. The Morgan fingerprint density at radius 1 is 0.783 bits per heavy atom. The number of aromatic nitrogens is 2. The van der Waals surface area contributed by atoms with Crippen LogP contribution in [0, 0.1) is 5.92 Å². The molecule has 222 valence electrons. The number of benzene rings is 5. The molecule has 1 N–H and O–H groups in total. The summed E-state index contributed by atoms with van der Waals surface area (Å²) in [4.78, 5) is 19.1.